The predicted octanol–water partition coefficient (Wildman–Crippen LogP) is 2.87. The molecule has 2 N–H and O–H groups in total. The topological polar surface area (TPSA) is 53.1 Å². The lowest BCUT2D eigenvalue weighted by atomic mass is 10.0. The fourth-order valence-electron chi connectivity index (χ4n) is 2.76. The van der Waals surface area contributed by atoms with Gasteiger partial charge in [0.15, 0.2) is 0 Å². The van der Waals surface area contributed by atoms with Crippen LogP contribution in [0.2, 0.25) is 0 Å². The molecule has 0 bridgehead atoms. The van der Waals surface area contributed by atoms with Gasteiger partial charge in [0.25, 0.3) is 0 Å². The minimum atomic E-state index is 0.679. The van der Waals surface area contributed by atoms with Crippen LogP contribution in [0.25, 0.3) is 11.1 Å². The van der Waals surface area contributed by atoms with E-state index >= 15 is 0 Å². The summed E-state index contributed by atoms with van der Waals surface area (Å²) < 4.78 is 7.45. The van der Waals surface area contributed by atoms with Crippen LogP contribution in [0, 0.1) is 12.8 Å². The number of hydrogen-bond donors (Lipinski definition) is 1. The van der Waals surface area contributed by atoms with Crippen LogP contribution in [-0.4, -0.2) is 23.0 Å². The number of aromatic nitrogens is 2. The lowest BCUT2D eigenvalue weighted by Gasteiger charge is -2.21. The Morgan fingerprint density at radius 2 is 2.15 bits per heavy atom. The van der Waals surface area contributed by atoms with E-state index < -0.39 is 0 Å². The molecule has 1 aliphatic heterocycles. The molecule has 1 aliphatic rings. The van der Waals surface area contributed by atoms with Crippen molar-refractivity contribution in [2.24, 2.45) is 5.92 Å². The fraction of sp³-hybridized carbons (Fsp3) is 0.438. The second-order valence-corrected chi connectivity index (χ2v) is 5.53. The van der Waals surface area contributed by atoms with Gasteiger partial charge < -0.3 is 10.5 Å². The molecule has 3 rings (SSSR count). The van der Waals surface area contributed by atoms with Crippen molar-refractivity contribution < 1.29 is 4.74 Å². The van der Waals surface area contributed by atoms with E-state index in [1.54, 1.807) is 0 Å². The summed E-state index contributed by atoms with van der Waals surface area (Å²) >= 11 is 0. The molecule has 0 saturated carbocycles. The number of ether oxygens (including phenoxy) is 1. The maximum atomic E-state index is 5.97. The van der Waals surface area contributed by atoms with Gasteiger partial charge in [-0.1, -0.05) is 12.1 Å². The predicted molar refractivity (Wildman–Crippen MR) is 80.4 cm³/mol. The molecule has 4 nitrogen and oxygen atoms in total. The van der Waals surface area contributed by atoms with Gasteiger partial charge in [-0.3, -0.25) is 4.68 Å². The smallest absolute Gasteiger partial charge is 0.0568 e. The van der Waals surface area contributed by atoms with Gasteiger partial charge in [-0.2, -0.15) is 5.10 Å². The SMILES string of the molecule is Cc1c(N)cccc1-c1cnn(CC2CCOCC2)c1. The fourth-order valence-corrected chi connectivity index (χ4v) is 2.76. The molecule has 0 spiro atoms. The van der Waals surface area contributed by atoms with E-state index in [2.05, 4.69) is 24.3 Å². The average Bonchev–Trinajstić information content (AvgIpc) is 2.91. The third kappa shape index (κ3) is 2.70. The number of nitrogen functional groups attached to an aromatic ring is 1. The van der Waals surface area contributed by atoms with E-state index in [0.717, 1.165) is 49.4 Å². The highest BCUT2D eigenvalue weighted by atomic mass is 16.5. The minimum Gasteiger partial charge on any atom is -0.398 e. The molecule has 2 aromatic rings. The van der Waals surface area contributed by atoms with Gasteiger partial charge in [-0.25, -0.2) is 0 Å². The molecule has 0 radical (unpaired) electrons. The number of anilines is 1. The van der Waals surface area contributed by atoms with Gasteiger partial charge in [-0.15, -0.1) is 0 Å². The highest BCUT2D eigenvalue weighted by molar-refractivity contribution is 5.71. The van der Waals surface area contributed by atoms with Crippen molar-refractivity contribution in [3.63, 3.8) is 0 Å². The van der Waals surface area contributed by atoms with Crippen LogP contribution < -0.4 is 5.73 Å². The number of rotatable bonds is 3. The van der Waals surface area contributed by atoms with E-state index in [1.807, 2.05) is 23.0 Å². The Labute approximate surface area is 119 Å². The highest BCUT2D eigenvalue weighted by Gasteiger charge is 2.15. The van der Waals surface area contributed by atoms with Crippen LogP contribution in [0.3, 0.4) is 0 Å². The summed E-state index contributed by atoms with van der Waals surface area (Å²) in [5, 5.41) is 4.49. The summed E-state index contributed by atoms with van der Waals surface area (Å²) in [5.74, 6) is 0.679. The van der Waals surface area contributed by atoms with E-state index in [-0.39, 0.29) is 0 Å². The van der Waals surface area contributed by atoms with Crippen molar-refractivity contribution in [1.29, 1.82) is 0 Å². The second-order valence-electron chi connectivity index (χ2n) is 5.53. The van der Waals surface area contributed by atoms with Crippen molar-refractivity contribution in [3.8, 4) is 11.1 Å². The molecule has 0 amide bonds. The van der Waals surface area contributed by atoms with Crippen molar-refractivity contribution in [1.82, 2.24) is 9.78 Å². The van der Waals surface area contributed by atoms with Crippen molar-refractivity contribution in [2.75, 3.05) is 18.9 Å². The first-order chi connectivity index (χ1) is 9.74. The molecular weight excluding hydrogens is 250 g/mol. The third-order valence-corrected chi connectivity index (χ3v) is 4.11. The first-order valence-corrected chi connectivity index (χ1v) is 7.19. The Morgan fingerprint density at radius 3 is 2.95 bits per heavy atom. The summed E-state index contributed by atoms with van der Waals surface area (Å²) in [4.78, 5) is 0. The van der Waals surface area contributed by atoms with Gasteiger partial charge in [0.2, 0.25) is 0 Å². The van der Waals surface area contributed by atoms with Crippen molar-refractivity contribution in [3.05, 3.63) is 36.2 Å². The van der Waals surface area contributed by atoms with Gasteiger partial charge in [-0.05, 0) is 42.9 Å². The second kappa shape index (κ2) is 5.67. The van der Waals surface area contributed by atoms with Crippen LogP contribution in [-0.2, 0) is 11.3 Å². The maximum Gasteiger partial charge on any atom is 0.0568 e. The monoisotopic (exact) mass is 271 g/mol. The van der Waals surface area contributed by atoms with E-state index in [9.17, 15) is 0 Å². The zero-order chi connectivity index (χ0) is 13.9. The summed E-state index contributed by atoms with van der Waals surface area (Å²) in [7, 11) is 0. The Hall–Kier alpha value is -1.81. The molecule has 2 heterocycles. The van der Waals surface area contributed by atoms with Gasteiger partial charge in [0.05, 0.1) is 6.20 Å². The number of benzene rings is 1. The highest BCUT2D eigenvalue weighted by Crippen LogP contribution is 2.27. The molecule has 1 saturated heterocycles. The molecule has 0 unspecified atom stereocenters. The summed E-state index contributed by atoms with van der Waals surface area (Å²) in [6.45, 7) is 4.80. The molecule has 106 valence electrons. The minimum absolute atomic E-state index is 0.679. The summed E-state index contributed by atoms with van der Waals surface area (Å²) in [5.41, 5.74) is 10.2. The van der Waals surface area contributed by atoms with Crippen LogP contribution in [0.1, 0.15) is 18.4 Å². The first kappa shape index (κ1) is 13.2. The van der Waals surface area contributed by atoms with E-state index in [0.29, 0.717) is 5.92 Å². The molecule has 1 aromatic heterocycles. The Balaban J connectivity index is 1.77. The van der Waals surface area contributed by atoms with Crippen LogP contribution in [0.4, 0.5) is 5.69 Å². The third-order valence-electron chi connectivity index (χ3n) is 4.11. The Kier molecular flexibility index (Phi) is 3.74. The molecule has 1 aromatic carbocycles. The Bertz CT molecular complexity index is 585. The Morgan fingerprint density at radius 1 is 1.35 bits per heavy atom. The molecule has 4 heteroatoms. The van der Waals surface area contributed by atoms with E-state index in [1.165, 1.54) is 5.56 Å². The zero-order valence-electron chi connectivity index (χ0n) is 11.9. The van der Waals surface area contributed by atoms with Crippen molar-refractivity contribution in [2.45, 2.75) is 26.3 Å². The van der Waals surface area contributed by atoms with Crippen LogP contribution >= 0.6 is 0 Å². The van der Waals surface area contributed by atoms with Crippen LogP contribution in [0.5, 0.6) is 0 Å². The summed E-state index contributed by atoms with van der Waals surface area (Å²) in [6, 6.07) is 6.03. The molecule has 0 atom stereocenters. The molecule has 20 heavy (non-hydrogen) atoms. The maximum absolute atomic E-state index is 5.97. The van der Waals surface area contributed by atoms with Gasteiger partial charge in [0, 0.05) is 37.2 Å². The summed E-state index contributed by atoms with van der Waals surface area (Å²) in [6.07, 6.45) is 6.32. The van der Waals surface area contributed by atoms with Crippen LogP contribution in [0.15, 0.2) is 30.6 Å². The molecular formula is C16H21N3O. The van der Waals surface area contributed by atoms with Crippen molar-refractivity contribution >= 4 is 5.69 Å². The molecule has 1 fully saturated rings. The number of hydrogen-bond acceptors (Lipinski definition) is 3. The largest absolute Gasteiger partial charge is 0.398 e. The average molecular weight is 271 g/mol. The molecule has 0 aliphatic carbocycles. The van der Waals surface area contributed by atoms with Gasteiger partial charge >= 0.3 is 0 Å². The first-order valence-electron chi connectivity index (χ1n) is 7.19. The quantitative estimate of drug-likeness (QED) is 0.873. The number of nitrogens with zero attached hydrogens (tertiary/aromatic N) is 2. The lowest BCUT2D eigenvalue weighted by molar-refractivity contribution is 0.0601. The van der Waals surface area contributed by atoms with E-state index in [4.69, 9.17) is 10.5 Å². The van der Waals surface area contributed by atoms with Gasteiger partial charge in [0.1, 0.15) is 0 Å². The standard InChI is InChI=1S/C16H21N3O/c1-12-15(3-2-4-16(12)17)14-9-18-19(11-14)10-13-5-7-20-8-6-13/h2-4,9,11,13H,5-8,10,17H2,1H3. The normalized spacial score (nSPS) is 16.4. The zero-order valence-corrected chi connectivity index (χ0v) is 11.9. The lowest BCUT2D eigenvalue weighted by Crippen LogP contribution is -2.20. The number of nitrogens with two attached hydrogens (primary N) is 1.